The molecule has 1 aromatic heterocycles. The first-order valence-electron chi connectivity index (χ1n) is 5.37. The van der Waals surface area contributed by atoms with Crippen molar-refractivity contribution in [3.8, 4) is 11.3 Å². The van der Waals surface area contributed by atoms with Gasteiger partial charge >= 0.3 is 0 Å². The van der Waals surface area contributed by atoms with Gasteiger partial charge < -0.3 is 5.32 Å². The summed E-state index contributed by atoms with van der Waals surface area (Å²) in [4.78, 5) is 18.6. The maximum atomic E-state index is 10.3. The predicted molar refractivity (Wildman–Crippen MR) is 65.1 cm³/mol. The van der Waals surface area contributed by atoms with Crippen molar-refractivity contribution in [1.82, 2.24) is 15.3 Å². The second kappa shape index (κ2) is 5.21. The van der Waals surface area contributed by atoms with Crippen LogP contribution in [0.15, 0.2) is 42.9 Å². The van der Waals surface area contributed by atoms with E-state index in [2.05, 4.69) is 15.3 Å². The van der Waals surface area contributed by atoms with Gasteiger partial charge in [-0.2, -0.15) is 0 Å². The Labute approximate surface area is 99.7 Å². The number of hydrogen-bond donors (Lipinski definition) is 1. The van der Waals surface area contributed by atoms with Crippen molar-refractivity contribution in [3.05, 3.63) is 48.4 Å². The van der Waals surface area contributed by atoms with Crippen LogP contribution in [0.4, 0.5) is 0 Å². The van der Waals surface area contributed by atoms with E-state index < -0.39 is 0 Å². The van der Waals surface area contributed by atoms with Gasteiger partial charge in [-0.3, -0.25) is 14.8 Å². The lowest BCUT2D eigenvalue weighted by molar-refractivity contribution is -0.110. The zero-order valence-corrected chi connectivity index (χ0v) is 9.50. The summed E-state index contributed by atoms with van der Waals surface area (Å²) in [6, 6.07) is 7.92. The van der Waals surface area contributed by atoms with Crippen LogP contribution >= 0.6 is 0 Å². The molecule has 1 atom stereocenters. The Morgan fingerprint density at radius 2 is 2.00 bits per heavy atom. The highest BCUT2D eigenvalue weighted by Gasteiger charge is 2.04. The molecule has 0 fully saturated rings. The van der Waals surface area contributed by atoms with Crippen LogP contribution in [0.1, 0.15) is 18.5 Å². The molecular formula is C13H13N3O. The Bertz CT molecular complexity index is 482. The molecule has 1 unspecified atom stereocenters. The fourth-order valence-electron chi connectivity index (χ4n) is 1.59. The first kappa shape index (κ1) is 11.3. The Hall–Kier alpha value is -2.23. The summed E-state index contributed by atoms with van der Waals surface area (Å²) < 4.78 is 0. The third-order valence-electron chi connectivity index (χ3n) is 2.59. The lowest BCUT2D eigenvalue weighted by Gasteiger charge is -2.10. The van der Waals surface area contributed by atoms with Crippen LogP contribution in [0.2, 0.25) is 0 Å². The first-order valence-corrected chi connectivity index (χ1v) is 5.37. The molecule has 1 amide bonds. The standard InChI is InChI=1S/C13H13N3O/c1-10(16-9-17)11-2-4-12(5-3-11)13-8-14-6-7-15-13/h2-10H,1H3,(H,16,17). The van der Waals surface area contributed by atoms with Gasteiger partial charge in [-0.05, 0) is 12.5 Å². The number of carbonyl (C=O) groups excluding carboxylic acids is 1. The number of rotatable bonds is 4. The molecule has 0 aliphatic carbocycles. The quantitative estimate of drug-likeness (QED) is 0.812. The Kier molecular flexibility index (Phi) is 3.45. The van der Waals surface area contributed by atoms with Gasteiger partial charge in [0.25, 0.3) is 0 Å². The average Bonchev–Trinajstić information content (AvgIpc) is 2.40. The molecule has 0 bridgehead atoms. The summed E-state index contributed by atoms with van der Waals surface area (Å²) in [6.07, 6.45) is 5.75. The average molecular weight is 227 g/mol. The maximum absolute atomic E-state index is 10.3. The van der Waals surface area contributed by atoms with E-state index in [1.807, 2.05) is 31.2 Å². The van der Waals surface area contributed by atoms with E-state index in [0.29, 0.717) is 6.41 Å². The summed E-state index contributed by atoms with van der Waals surface area (Å²) in [7, 11) is 0. The van der Waals surface area contributed by atoms with Crippen LogP contribution < -0.4 is 5.32 Å². The second-order valence-electron chi connectivity index (χ2n) is 3.72. The highest BCUT2D eigenvalue weighted by Crippen LogP contribution is 2.19. The van der Waals surface area contributed by atoms with Crippen molar-refractivity contribution in [2.75, 3.05) is 0 Å². The number of hydrogen-bond acceptors (Lipinski definition) is 3. The molecule has 0 aliphatic rings. The topological polar surface area (TPSA) is 54.9 Å². The fourth-order valence-corrected chi connectivity index (χ4v) is 1.59. The van der Waals surface area contributed by atoms with Crippen LogP contribution in [0.5, 0.6) is 0 Å². The number of benzene rings is 1. The SMILES string of the molecule is CC(NC=O)c1ccc(-c2cnccn2)cc1. The summed E-state index contributed by atoms with van der Waals surface area (Å²) >= 11 is 0. The van der Waals surface area contributed by atoms with Gasteiger partial charge in [-0.1, -0.05) is 24.3 Å². The number of amides is 1. The van der Waals surface area contributed by atoms with Crippen molar-refractivity contribution < 1.29 is 4.79 Å². The number of nitrogens with one attached hydrogen (secondary N) is 1. The lowest BCUT2D eigenvalue weighted by Crippen LogP contribution is -2.15. The molecule has 1 heterocycles. The van der Waals surface area contributed by atoms with Crippen LogP contribution in [0.25, 0.3) is 11.3 Å². The first-order chi connectivity index (χ1) is 8.31. The molecule has 0 saturated heterocycles. The van der Waals surface area contributed by atoms with Crippen LogP contribution in [0, 0.1) is 0 Å². The number of nitrogens with zero attached hydrogens (tertiary/aromatic N) is 2. The van der Waals surface area contributed by atoms with E-state index >= 15 is 0 Å². The van der Waals surface area contributed by atoms with E-state index in [1.54, 1.807) is 18.6 Å². The zero-order chi connectivity index (χ0) is 12.1. The number of carbonyl (C=O) groups is 1. The van der Waals surface area contributed by atoms with E-state index in [-0.39, 0.29) is 6.04 Å². The fraction of sp³-hybridized carbons (Fsp3) is 0.154. The summed E-state index contributed by atoms with van der Waals surface area (Å²) in [5.74, 6) is 0. The summed E-state index contributed by atoms with van der Waals surface area (Å²) in [6.45, 7) is 1.94. The smallest absolute Gasteiger partial charge is 0.207 e. The van der Waals surface area contributed by atoms with Crippen LogP contribution in [-0.4, -0.2) is 16.4 Å². The Balaban J connectivity index is 2.21. The van der Waals surface area contributed by atoms with Crippen molar-refractivity contribution in [2.24, 2.45) is 0 Å². The molecule has 4 nitrogen and oxygen atoms in total. The molecule has 2 rings (SSSR count). The third-order valence-corrected chi connectivity index (χ3v) is 2.59. The summed E-state index contributed by atoms with van der Waals surface area (Å²) in [5.41, 5.74) is 2.92. The molecule has 0 spiro atoms. The summed E-state index contributed by atoms with van der Waals surface area (Å²) in [5, 5.41) is 2.71. The van der Waals surface area contributed by atoms with Gasteiger partial charge in [0.2, 0.25) is 6.41 Å². The van der Waals surface area contributed by atoms with Gasteiger partial charge in [-0.15, -0.1) is 0 Å². The van der Waals surface area contributed by atoms with Crippen molar-refractivity contribution in [2.45, 2.75) is 13.0 Å². The molecular weight excluding hydrogens is 214 g/mol. The minimum absolute atomic E-state index is 0.0170. The molecule has 4 heteroatoms. The van der Waals surface area contributed by atoms with Gasteiger partial charge in [0.05, 0.1) is 17.9 Å². The molecule has 17 heavy (non-hydrogen) atoms. The predicted octanol–water partition coefficient (Wildman–Crippen LogP) is 1.95. The normalized spacial score (nSPS) is 11.8. The molecule has 1 aromatic carbocycles. The number of aromatic nitrogens is 2. The van der Waals surface area contributed by atoms with Gasteiger partial charge in [-0.25, -0.2) is 0 Å². The highest BCUT2D eigenvalue weighted by atomic mass is 16.1. The zero-order valence-electron chi connectivity index (χ0n) is 9.50. The van der Waals surface area contributed by atoms with Crippen LogP contribution in [-0.2, 0) is 4.79 Å². The molecule has 1 N–H and O–H groups in total. The van der Waals surface area contributed by atoms with E-state index in [9.17, 15) is 4.79 Å². The lowest BCUT2D eigenvalue weighted by atomic mass is 10.1. The van der Waals surface area contributed by atoms with Crippen molar-refractivity contribution in [3.63, 3.8) is 0 Å². The van der Waals surface area contributed by atoms with E-state index in [4.69, 9.17) is 0 Å². The van der Waals surface area contributed by atoms with E-state index in [1.165, 1.54) is 0 Å². The molecule has 86 valence electrons. The Morgan fingerprint density at radius 1 is 1.24 bits per heavy atom. The van der Waals surface area contributed by atoms with Gasteiger partial charge in [0.15, 0.2) is 0 Å². The molecule has 0 aliphatic heterocycles. The minimum atomic E-state index is 0.0170. The largest absolute Gasteiger partial charge is 0.352 e. The molecule has 0 saturated carbocycles. The third kappa shape index (κ3) is 2.66. The molecule has 0 radical (unpaired) electrons. The van der Waals surface area contributed by atoms with Crippen LogP contribution in [0.3, 0.4) is 0 Å². The van der Waals surface area contributed by atoms with Crippen molar-refractivity contribution >= 4 is 6.41 Å². The monoisotopic (exact) mass is 227 g/mol. The Morgan fingerprint density at radius 3 is 2.59 bits per heavy atom. The van der Waals surface area contributed by atoms with Gasteiger partial charge in [0.1, 0.15) is 0 Å². The van der Waals surface area contributed by atoms with E-state index in [0.717, 1.165) is 16.8 Å². The second-order valence-corrected chi connectivity index (χ2v) is 3.72. The molecule has 2 aromatic rings. The van der Waals surface area contributed by atoms with Gasteiger partial charge in [0, 0.05) is 18.0 Å². The van der Waals surface area contributed by atoms with Crippen molar-refractivity contribution in [1.29, 1.82) is 0 Å². The maximum Gasteiger partial charge on any atom is 0.207 e. The highest BCUT2D eigenvalue weighted by molar-refractivity contribution is 5.58. The minimum Gasteiger partial charge on any atom is -0.352 e.